The van der Waals surface area contributed by atoms with Gasteiger partial charge in [0.25, 0.3) is 0 Å². The molecule has 0 aliphatic heterocycles. The Morgan fingerprint density at radius 2 is 1.81 bits per heavy atom. The zero-order valence-electron chi connectivity index (χ0n) is 12.6. The molecule has 21 heavy (non-hydrogen) atoms. The molecular formula is C15H23Cl2NO3. The number of nitrogens with one attached hydrogen (secondary N) is 1. The summed E-state index contributed by atoms with van der Waals surface area (Å²) in [7, 11) is 1.66. The molecule has 2 atom stereocenters. The van der Waals surface area contributed by atoms with Crippen LogP contribution in [0.1, 0.15) is 13.8 Å². The predicted molar refractivity (Wildman–Crippen MR) is 86.5 cm³/mol. The van der Waals surface area contributed by atoms with Crippen molar-refractivity contribution in [2.45, 2.75) is 26.0 Å². The Labute approximate surface area is 136 Å². The third-order valence-electron chi connectivity index (χ3n) is 3.11. The Hall–Kier alpha value is -0.520. The van der Waals surface area contributed by atoms with Gasteiger partial charge in [-0.25, -0.2) is 0 Å². The smallest absolute Gasteiger partial charge is 0.156 e. The van der Waals surface area contributed by atoms with Crippen molar-refractivity contribution in [3.63, 3.8) is 0 Å². The summed E-state index contributed by atoms with van der Waals surface area (Å²) in [6.07, 6.45) is -0.657. The van der Waals surface area contributed by atoms with Crippen LogP contribution in [0.25, 0.3) is 0 Å². The Balaban J connectivity index is 2.42. The molecule has 2 N–H and O–H groups in total. The third kappa shape index (κ3) is 6.41. The number of hydrogen-bond acceptors (Lipinski definition) is 4. The van der Waals surface area contributed by atoms with Crippen LogP contribution < -0.4 is 10.1 Å². The fourth-order valence-electron chi connectivity index (χ4n) is 1.81. The minimum atomic E-state index is -0.657. The minimum Gasteiger partial charge on any atom is -0.488 e. The van der Waals surface area contributed by atoms with Crippen molar-refractivity contribution in [2.75, 3.05) is 26.9 Å². The molecule has 0 heterocycles. The molecule has 0 aliphatic carbocycles. The summed E-state index contributed by atoms with van der Waals surface area (Å²) in [6, 6.07) is 5.32. The highest BCUT2D eigenvalue weighted by atomic mass is 35.5. The summed E-state index contributed by atoms with van der Waals surface area (Å²) in [4.78, 5) is 0. The van der Waals surface area contributed by atoms with Gasteiger partial charge in [0.1, 0.15) is 12.7 Å². The van der Waals surface area contributed by atoms with Crippen molar-refractivity contribution in [3.05, 3.63) is 28.2 Å². The van der Waals surface area contributed by atoms with Gasteiger partial charge in [-0.05, 0) is 18.1 Å². The lowest BCUT2D eigenvalue weighted by molar-refractivity contribution is 0.0902. The number of benzene rings is 1. The largest absolute Gasteiger partial charge is 0.488 e. The second-order valence-corrected chi connectivity index (χ2v) is 6.04. The summed E-state index contributed by atoms with van der Waals surface area (Å²) in [5.74, 6) is 0.813. The molecule has 0 saturated carbocycles. The zero-order valence-corrected chi connectivity index (χ0v) is 14.1. The molecule has 0 spiro atoms. The quantitative estimate of drug-likeness (QED) is 0.728. The number of aliphatic hydroxyl groups excluding tert-OH is 1. The molecule has 0 bridgehead atoms. The summed E-state index contributed by atoms with van der Waals surface area (Å²) >= 11 is 12.0. The number of hydrogen-bond donors (Lipinski definition) is 2. The number of ether oxygens (including phenoxy) is 2. The van der Waals surface area contributed by atoms with Gasteiger partial charge in [0, 0.05) is 19.7 Å². The fourth-order valence-corrected chi connectivity index (χ4v) is 2.32. The molecule has 0 aliphatic rings. The van der Waals surface area contributed by atoms with Gasteiger partial charge in [-0.1, -0.05) is 43.1 Å². The first-order valence-corrected chi connectivity index (χ1v) is 7.68. The molecule has 0 saturated heterocycles. The average Bonchev–Trinajstić information content (AvgIpc) is 2.42. The molecule has 0 aromatic heterocycles. The molecule has 6 heteroatoms. The van der Waals surface area contributed by atoms with Crippen LogP contribution in [0.2, 0.25) is 10.0 Å². The lowest BCUT2D eigenvalue weighted by Gasteiger charge is -2.23. The van der Waals surface area contributed by atoms with Crippen LogP contribution in [0.5, 0.6) is 5.75 Å². The topological polar surface area (TPSA) is 50.7 Å². The lowest BCUT2D eigenvalue weighted by atomic mass is 10.1. The Bertz CT molecular complexity index is 409. The van der Waals surface area contributed by atoms with Gasteiger partial charge in [0.15, 0.2) is 5.75 Å². The van der Waals surface area contributed by atoms with Crippen molar-refractivity contribution >= 4 is 23.2 Å². The predicted octanol–water partition coefficient (Wildman–Crippen LogP) is 2.99. The van der Waals surface area contributed by atoms with Crippen molar-refractivity contribution in [2.24, 2.45) is 5.92 Å². The van der Waals surface area contributed by atoms with Crippen LogP contribution in [0.15, 0.2) is 18.2 Å². The van der Waals surface area contributed by atoms with Crippen LogP contribution in [-0.4, -0.2) is 44.1 Å². The van der Waals surface area contributed by atoms with Gasteiger partial charge in [-0.15, -0.1) is 0 Å². The van der Waals surface area contributed by atoms with E-state index in [2.05, 4.69) is 19.2 Å². The van der Waals surface area contributed by atoms with E-state index in [9.17, 15) is 5.11 Å². The first-order valence-electron chi connectivity index (χ1n) is 6.92. The highest BCUT2D eigenvalue weighted by molar-refractivity contribution is 6.37. The number of aliphatic hydroxyl groups is 1. The number of methoxy groups -OCH3 is 1. The highest BCUT2D eigenvalue weighted by Gasteiger charge is 2.15. The molecule has 2 unspecified atom stereocenters. The van der Waals surface area contributed by atoms with E-state index < -0.39 is 6.10 Å². The number of halogens is 2. The molecule has 0 amide bonds. The van der Waals surface area contributed by atoms with E-state index in [4.69, 9.17) is 32.7 Å². The second kappa shape index (κ2) is 9.49. The molecule has 0 radical (unpaired) electrons. The summed E-state index contributed by atoms with van der Waals surface area (Å²) in [6.45, 7) is 5.33. The Kier molecular flexibility index (Phi) is 8.37. The van der Waals surface area contributed by atoms with Crippen LogP contribution in [0.3, 0.4) is 0 Å². The Morgan fingerprint density at radius 1 is 1.19 bits per heavy atom. The van der Waals surface area contributed by atoms with E-state index in [1.165, 1.54) is 0 Å². The molecule has 0 fully saturated rings. The van der Waals surface area contributed by atoms with Gasteiger partial charge in [-0.2, -0.15) is 0 Å². The molecule has 120 valence electrons. The fraction of sp³-hybridized carbons (Fsp3) is 0.600. The van der Waals surface area contributed by atoms with Gasteiger partial charge < -0.3 is 19.9 Å². The molecule has 1 aromatic carbocycles. The zero-order chi connectivity index (χ0) is 15.8. The first kappa shape index (κ1) is 18.5. The van der Waals surface area contributed by atoms with Gasteiger partial charge >= 0.3 is 0 Å². The molecule has 1 aromatic rings. The summed E-state index contributed by atoms with van der Waals surface area (Å²) in [5, 5.41) is 14.1. The van der Waals surface area contributed by atoms with Crippen molar-refractivity contribution in [1.82, 2.24) is 5.32 Å². The molecular weight excluding hydrogens is 313 g/mol. The molecule has 1 rings (SSSR count). The third-order valence-corrected chi connectivity index (χ3v) is 3.70. The van der Waals surface area contributed by atoms with E-state index >= 15 is 0 Å². The number of para-hydroxylation sites is 1. The van der Waals surface area contributed by atoms with Crippen LogP contribution in [0, 0.1) is 5.92 Å². The van der Waals surface area contributed by atoms with Gasteiger partial charge in [0.05, 0.1) is 16.7 Å². The second-order valence-electron chi connectivity index (χ2n) is 5.23. The van der Waals surface area contributed by atoms with Crippen LogP contribution in [-0.2, 0) is 4.74 Å². The lowest BCUT2D eigenvalue weighted by Crippen LogP contribution is -2.43. The maximum absolute atomic E-state index is 9.98. The van der Waals surface area contributed by atoms with E-state index in [1.54, 1.807) is 25.3 Å². The van der Waals surface area contributed by atoms with E-state index in [0.29, 0.717) is 34.9 Å². The van der Waals surface area contributed by atoms with Crippen LogP contribution in [0.4, 0.5) is 0 Å². The monoisotopic (exact) mass is 335 g/mol. The minimum absolute atomic E-state index is 0.119. The standard InChI is InChI=1S/C15H23Cl2NO3/c1-10(2)14(9-20-3)18-7-11(19)8-21-15-12(16)5-4-6-13(15)17/h4-6,10-11,14,18-19H,7-9H2,1-3H3. The van der Waals surface area contributed by atoms with Crippen molar-refractivity contribution < 1.29 is 14.6 Å². The van der Waals surface area contributed by atoms with Gasteiger partial charge in [0.2, 0.25) is 0 Å². The maximum Gasteiger partial charge on any atom is 0.156 e. The SMILES string of the molecule is COCC(NCC(O)COc1c(Cl)cccc1Cl)C(C)C. The van der Waals surface area contributed by atoms with Crippen molar-refractivity contribution in [1.29, 1.82) is 0 Å². The summed E-state index contributed by atoms with van der Waals surface area (Å²) in [5.41, 5.74) is 0. The highest BCUT2D eigenvalue weighted by Crippen LogP contribution is 2.32. The number of rotatable bonds is 9. The average molecular weight is 336 g/mol. The maximum atomic E-state index is 9.98. The van der Waals surface area contributed by atoms with E-state index in [-0.39, 0.29) is 12.6 Å². The van der Waals surface area contributed by atoms with E-state index in [1.807, 2.05) is 0 Å². The molecule has 4 nitrogen and oxygen atoms in total. The van der Waals surface area contributed by atoms with Crippen molar-refractivity contribution in [3.8, 4) is 5.75 Å². The van der Waals surface area contributed by atoms with Crippen LogP contribution >= 0.6 is 23.2 Å². The summed E-state index contributed by atoms with van der Waals surface area (Å²) < 4.78 is 10.6. The Morgan fingerprint density at radius 3 is 2.33 bits per heavy atom. The van der Waals surface area contributed by atoms with Gasteiger partial charge in [-0.3, -0.25) is 0 Å². The normalized spacial score (nSPS) is 14.2. The van der Waals surface area contributed by atoms with E-state index in [0.717, 1.165) is 0 Å². The first-order chi connectivity index (χ1) is 9.95.